The summed E-state index contributed by atoms with van der Waals surface area (Å²) in [5, 5.41) is 5.74. The first-order valence-corrected chi connectivity index (χ1v) is 8.83. The third-order valence-corrected chi connectivity index (χ3v) is 4.90. The van der Waals surface area contributed by atoms with Crippen molar-refractivity contribution in [2.45, 2.75) is 6.42 Å². The van der Waals surface area contributed by atoms with Crippen molar-refractivity contribution >= 4 is 45.6 Å². The lowest BCUT2D eigenvalue weighted by molar-refractivity contribution is -0.122. The minimum absolute atomic E-state index is 0.0500. The highest BCUT2D eigenvalue weighted by molar-refractivity contribution is 6.30. The van der Waals surface area contributed by atoms with Crippen LogP contribution in [0, 0.1) is 5.92 Å². The first kappa shape index (κ1) is 16.6. The van der Waals surface area contributed by atoms with Gasteiger partial charge in [-0.25, -0.2) is 0 Å². The molecular formula is C21H17ClN2O2. The third kappa shape index (κ3) is 3.28. The first-order valence-electron chi connectivity index (χ1n) is 8.46. The van der Waals surface area contributed by atoms with Crippen LogP contribution < -0.4 is 10.2 Å². The summed E-state index contributed by atoms with van der Waals surface area (Å²) in [6.07, 6.45) is 0.210. The Morgan fingerprint density at radius 1 is 1.00 bits per heavy atom. The smallest absolute Gasteiger partial charge is 0.229 e. The Bertz CT molecular complexity index is 985. The van der Waals surface area contributed by atoms with Crippen molar-refractivity contribution in [2.24, 2.45) is 5.92 Å². The van der Waals surface area contributed by atoms with E-state index >= 15 is 0 Å². The van der Waals surface area contributed by atoms with Crippen LogP contribution in [0.15, 0.2) is 66.7 Å². The predicted molar refractivity (Wildman–Crippen MR) is 104 cm³/mol. The quantitative estimate of drug-likeness (QED) is 0.744. The molecule has 26 heavy (non-hydrogen) atoms. The molecule has 3 aromatic rings. The molecule has 0 aliphatic carbocycles. The fourth-order valence-corrected chi connectivity index (χ4v) is 3.39. The van der Waals surface area contributed by atoms with E-state index in [-0.39, 0.29) is 24.2 Å². The number of anilines is 2. The van der Waals surface area contributed by atoms with Crippen LogP contribution in [0.5, 0.6) is 0 Å². The Morgan fingerprint density at radius 2 is 1.73 bits per heavy atom. The molecule has 1 fully saturated rings. The van der Waals surface area contributed by atoms with E-state index in [1.807, 2.05) is 42.5 Å². The number of fused-ring (bicyclic) bond motifs is 1. The standard InChI is InChI=1S/C21H17ClN2O2/c22-17-6-9-19(10-7-17)24-13-16(12-20(24)25)21(26)23-18-8-5-14-3-1-2-4-15(14)11-18/h1-11,16H,12-13H2,(H,23,26). The van der Waals surface area contributed by atoms with Gasteiger partial charge < -0.3 is 10.2 Å². The van der Waals surface area contributed by atoms with Gasteiger partial charge in [0, 0.05) is 29.4 Å². The van der Waals surface area contributed by atoms with Crippen LogP contribution in [0.1, 0.15) is 6.42 Å². The fourth-order valence-electron chi connectivity index (χ4n) is 3.27. The Labute approximate surface area is 156 Å². The Morgan fingerprint density at radius 3 is 2.50 bits per heavy atom. The number of nitrogens with one attached hydrogen (secondary N) is 1. The molecule has 1 atom stereocenters. The number of amides is 2. The number of benzene rings is 3. The molecule has 0 radical (unpaired) electrons. The summed E-state index contributed by atoms with van der Waals surface area (Å²) in [5.74, 6) is -0.555. The van der Waals surface area contributed by atoms with Gasteiger partial charge in [-0.05, 0) is 47.2 Å². The summed E-state index contributed by atoms with van der Waals surface area (Å²) in [4.78, 5) is 26.6. The molecule has 1 heterocycles. The first-order chi connectivity index (χ1) is 12.6. The zero-order valence-corrected chi connectivity index (χ0v) is 14.7. The monoisotopic (exact) mass is 364 g/mol. The molecular weight excluding hydrogens is 348 g/mol. The Balaban J connectivity index is 1.48. The molecule has 1 unspecified atom stereocenters. The number of halogens is 1. The van der Waals surface area contributed by atoms with Crippen LogP contribution in [-0.2, 0) is 9.59 Å². The topological polar surface area (TPSA) is 49.4 Å². The normalized spacial score (nSPS) is 16.9. The summed E-state index contributed by atoms with van der Waals surface area (Å²) >= 11 is 5.90. The Kier molecular flexibility index (Phi) is 4.35. The lowest BCUT2D eigenvalue weighted by atomic mass is 10.1. The summed E-state index contributed by atoms with van der Waals surface area (Å²) < 4.78 is 0. The van der Waals surface area contributed by atoms with Crippen LogP contribution in [0.3, 0.4) is 0 Å². The molecule has 1 aliphatic rings. The third-order valence-electron chi connectivity index (χ3n) is 4.65. The highest BCUT2D eigenvalue weighted by Gasteiger charge is 2.35. The Hall–Kier alpha value is -2.85. The van der Waals surface area contributed by atoms with Crippen LogP contribution in [0.2, 0.25) is 5.02 Å². The van der Waals surface area contributed by atoms with Crippen LogP contribution in [0.4, 0.5) is 11.4 Å². The van der Waals surface area contributed by atoms with E-state index < -0.39 is 0 Å². The van der Waals surface area contributed by atoms with Gasteiger partial charge in [-0.1, -0.05) is 41.9 Å². The molecule has 0 bridgehead atoms. The highest BCUT2D eigenvalue weighted by Crippen LogP contribution is 2.27. The summed E-state index contributed by atoms with van der Waals surface area (Å²) in [7, 11) is 0. The molecule has 1 saturated heterocycles. The van der Waals surface area contributed by atoms with Gasteiger partial charge in [0.05, 0.1) is 5.92 Å². The van der Waals surface area contributed by atoms with Gasteiger partial charge in [-0.2, -0.15) is 0 Å². The summed E-state index contributed by atoms with van der Waals surface area (Å²) in [6, 6.07) is 20.9. The van der Waals surface area contributed by atoms with Crippen molar-refractivity contribution in [1.82, 2.24) is 0 Å². The molecule has 2 amide bonds. The maximum atomic E-state index is 12.6. The van der Waals surface area contributed by atoms with Crippen molar-refractivity contribution in [3.8, 4) is 0 Å². The van der Waals surface area contributed by atoms with E-state index in [2.05, 4.69) is 5.32 Å². The fraction of sp³-hybridized carbons (Fsp3) is 0.143. The minimum atomic E-state index is -0.371. The largest absolute Gasteiger partial charge is 0.326 e. The number of carbonyl (C=O) groups excluding carboxylic acids is 2. The van der Waals surface area contributed by atoms with Crippen LogP contribution in [0.25, 0.3) is 10.8 Å². The molecule has 0 spiro atoms. The number of nitrogens with zero attached hydrogens (tertiary/aromatic N) is 1. The average Bonchev–Trinajstić information content (AvgIpc) is 3.04. The van der Waals surface area contributed by atoms with Gasteiger partial charge in [0.1, 0.15) is 0 Å². The molecule has 1 N–H and O–H groups in total. The van der Waals surface area contributed by atoms with Crippen molar-refractivity contribution in [3.05, 3.63) is 71.8 Å². The zero-order valence-electron chi connectivity index (χ0n) is 14.0. The van der Waals surface area contributed by atoms with Gasteiger partial charge in [-0.15, -0.1) is 0 Å². The predicted octanol–water partition coefficient (Wildman–Crippen LogP) is 4.48. The van der Waals surface area contributed by atoms with Crippen molar-refractivity contribution < 1.29 is 9.59 Å². The van der Waals surface area contributed by atoms with E-state index in [1.54, 1.807) is 29.2 Å². The van der Waals surface area contributed by atoms with Gasteiger partial charge in [0.25, 0.3) is 0 Å². The number of carbonyl (C=O) groups is 2. The van der Waals surface area contributed by atoms with Crippen LogP contribution in [-0.4, -0.2) is 18.4 Å². The van der Waals surface area contributed by atoms with E-state index in [0.29, 0.717) is 11.6 Å². The van der Waals surface area contributed by atoms with E-state index in [0.717, 1.165) is 22.1 Å². The second kappa shape index (κ2) is 6.81. The van der Waals surface area contributed by atoms with Crippen LogP contribution >= 0.6 is 11.6 Å². The average molecular weight is 365 g/mol. The molecule has 4 nitrogen and oxygen atoms in total. The van der Waals surface area contributed by atoms with Gasteiger partial charge in [-0.3, -0.25) is 9.59 Å². The van der Waals surface area contributed by atoms with E-state index in [1.165, 1.54) is 0 Å². The summed E-state index contributed by atoms with van der Waals surface area (Å²) in [6.45, 7) is 0.375. The lowest BCUT2D eigenvalue weighted by Crippen LogP contribution is -2.28. The highest BCUT2D eigenvalue weighted by atomic mass is 35.5. The second-order valence-corrected chi connectivity index (χ2v) is 6.87. The summed E-state index contributed by atoms with van der Waals surface area (Å²) in [5.41, 5.74) is 1.51. The number of hydrogen-bond acceptors (Lipinski definition) is 2. The molecule has 0 aromatic heterocycles. The SMILES string of the molecule is O=C(Nc1ccc2ccccc2c1)C1CC(=O)N(c2ccc(Cl)cc2)C1. The zero-order chi connectivity index (χ0) is 18.1. The maximum absolute atomic E-state index is 12.6. The molecule has 3 aromatic carbocycles. The molecule has 1 aliphatic heterocycles. The van der Waals surface area contributed by atoms with E-state index in [4.69, 9.17) is 11.6 Å². The van der Waals surface area contributed by atoms with Crippen molar-refractivity contribution in [1.29, 1.82) is 0 Å². The number of hydrogen-bond donors (Lipinski definition) is 1. The van der Waals surface area contributed by atoms with Gasteiger partial charge >= 0.3 is 0 Å². The molecule has 130 valence electrons. The molecule has 5 heteroatoms. The molecule has 4 rings (SSSR count). The maximum Gasteiger partial charge on any atom is 0.229 e. The van der Waals surface area contributed by atoms with Gasteiger partial charge in [0.2, 0.25) is 11.8 Å². The number of rotatable bonds is 3. The van der Waals surface area contributed by atoms with E-state index in [9.17, 15) is 9.59 Å². The second-order valence-electron chi connectivity index (χ2n) is 6.43. The lowest BCUT2D eigenvalue weighted by Gasteiger charge is -2.17. The van der Waals surface area contributed by atoms with Crippen molar-refractivity contribution in [2.75, 3.05) is 16.8 Å². The minimum Gasteiger partial charge on any atom is -0.326 e. The van der Waals surface area contributed by atoms with Gasteiger partial charge in [0.15, 0.2) is 0 Å². The van der Waals surface area contributed by atoms with Crippen molar-refractivity contribution in [3.63, 3.8) is 0 Å². The molecule has 0 saturated carbocycles.